The van der Waals surface area contributed by atoms with Gasteiger partial charge in [-0.3, -0.25) is 10.1 Å². The van der Waals surface area contributed by atoms with Crippen molar-refractivity contribution >= 4 is 18.1 Å². The molecular formula is C27H30FN9O. The van der Waals surface area contributed by atoms with Crippen LogP contribution in [-0.2, 0) is 17.4 Å². The van der Waals surface area contributed by atoms with Crippen LogP contribution in [0.25, 0.3) is 11.1 Å². The zero-order chi connectivity index (χ0) is 26.7. The number of methoxy groups -OCH3 is 1. The van der Waals surface area contributed by atoms with Crippen LogP contribution in [0.4, 0.5) is 10.3 Å². The second-order valence-corrected chi connectivity index (χ2v) is 9.28. The van der Waals surface area contributed by atoms with E-state index in [1.165, 1.54) is 12.1 Å². The number of piperazine rings is 1. The Labute approximate surface area is 220 Å². The van der Waals surface area contributed by atoms with Crippen molar-refractivity contribution < 1.29 is 9.13 Å². The van der Waals surface area contributed by atoms with E-state index >= 15 is 0 Å². The van der Waals surface area contributed by atoms with E-state index in [9.17, 15) is 4.39 Å². The van der Waals surface area contributed by atoms with Crippen molar-refractivity contribution in [3.8, 4) is 11.1 Å². The summed E-state index contributed by atoms with van der Waals surface area (Å²) in [4.78, 5) is 21.2. The number of nitrogens with zero attached hydrogens (tertiary/aromatic N) is 7. The van der Waals surface area contributed by atoms with Gasteiger partial charge in [0.1, 0.15) is 17.8 Å². The van der Waals surface area contributed by atoms with Crippen LogP contribution in [0.3, 0.4) is 0 Å². The summed E-state index contributed by atoms with van der Waals surface area (Å²) in [6, 6.07) is 8.29. The third-order valence-electron chi connectivity index (χ3n) is 7.00. The minimum absolute atomic E-state index is 0.294. The number of amidine groups is 1. The van der Waals surface area contributed by atoms with Crippen molar-refractivity contribution in [1.82, 2.24) is 29.6 Å². The largest absolute Gasteiger partial charge is 0.369 e. The highest BCUT2D eigenvalue weighted by atomic mass is 19.1. The molecular weight excluding hydrogens is 485 g/mol. The third-order valence-corrected chi connectivity index (χ3v) is 7.00. The summed E-state index contributed by atoms with van der Waals surface area (Å²) < 4.78 is 21.0. The lowest BCUT2D eigenvalue weighted by molar-refractivity contribution is 0.0384. The van der Waals surface area contributed by atoms with E-state index in [2.05, 4.69) is 34.8 Å². The quantitative estimate of drug-likeness (QED) is 0.288. The molecule has 38 heavy (non-hydrogen) atoms. The fraction of sp³-hybridized carbons (Fsp3) is 0.296. The van der Waals surface area contributed by atoms with Crippen LogP contribution < -0.4 is 4.90 Å². The maximum absolute atomic E-state index is 13.4. The number of hydrogen-bond donors (Lipinski definition) is 2. The van der Waals surface area contributed by atoms with Gasteiger partial charge in [-0.1, -0.05) is 12.1 Å². The Bertz CT molecular complexity index is 1420. The molecule has 10 nitrogen and oxygen atoms in total. The molecule has 11 heteroatoms. The van der Waals surface area contributed by atoms with Gasteiger partial charge >= 0.3 is 0 Å². The molecule has 0 aliphatic carbocycles. The fourth-order valence-electron chi connectivity index (χ4n) is 4.66. The number of aromatic nitrogens is 5. The average molecular weight is 516 g/mol. The first-order valence-corrected chi connectivity index (χ1v) is 12.3. The van der Waals surface area contributed by atoms with Crippen LogP contribution >= 0.6 is 0 Å². The van der Waals surface area contributed by atoms with Crippen LogP contribution in [-0.4, -0.2) is 75.1 Å². The van der Waals surface area contributed by atoms with Gasteiger partial charge in [0, 0.05) is 81.8 Å². The summed E-state index contributed by atoms with van der Waals surface area (Å²) >= 11 is 0. The SMILES string of the molecule is CO[C@](C)(c1ccc(F)cc1)c1cnc(N2CCN(/C(=N/C=N)c3cc(-c4cnn(C)c4)c[nH]3)CC2)nc1. The first-order valence-electron chi connectivity index (χ1n) is 12.3. The highest BCUT2D eigenvalue weighted by Gasteiger charge is 2.30. The number of anilines is 1. The minimum atomic E-state index is -0.798. The van der Waals surface area contributed by atoms with Crippen LogP contribution in [0.15, 0.2) is 66.3 Å². The molecule has 5 rings (SSSR count). The fourth-order valence-corrected chi connectivity index (χ4v) is 4.66. The van der Waals surface area contributed by atoms with Crippen molar-refractivity contribution in [2.45, 2.75) is 12.5 Å². The van der Waals surface area contributed by atoms with Gasteiger partial charge in [0.05, 0.1) is 11.9 Å². The Morgan fingerprint density at radius 2 is 1.79 bits per heavy atom. The molecule has 2 N–H and O–H groups in total. The molecule has 0 saturated carbocycles. The summed E-state index contributed by atoms with van der Waals surface area (Å²) in [5.41, 5.74) is 3.68. The molecule has 4 aromatic rings. The average Bonchev–Trinajstić information content (AvgIpc) is 3.61. The van der Waals surface area contributed by atoms with Gasteiger partial charge in [0.2, 0.25) is 5.95 Å². The second-order valence-electron chi connectivity index (χ2n) is 9.28. The van der Waals surface area contributed by atoms with E-state index in [1.54, 1.807) is 36.3 Å². The monoisotopic (exact) mass is 515 g/mol. The Hall–Kier alpha value is -4.38. The summed E-state index contributed by atoms with van der Waals surface area (Å²) in [6.45, 7) is 4.72. The number of aryl methyl sites for hydroxylation is 1. The molecule has 1 fully saturated rings. The van der Waals surface area contributed by atoms with Crippen LogP contribution in [0.1, 0.15) is 23.7 Å². The number of nitrogens with one attached hydrogen (secondary N) is 2. The van der Waals surface area contributed by atoms with E-state index in [-0.39, 0.29) is 5.82 Å². The molecule has 1 aliphatic rings. The van der Waals surface area contributed by atoms with Gasteiger partial charge in [-0.25, -0.2) is 19.4 Å². The zero-order valence-electron chi connectivity index (χ0n) is 21.6. The maximum atomic E-state index is 13.4. The van der Waals surface area contributed by atoms with Gasteiger partial charge < -0.3 is 19.5 Å². The van der Waals surface area contributed by atoms with Crippen molar-refractivity contribution in [1.29, 1.82) is 5.41 Å². The molecule has 3 aromatic heterocycles. The summed E-state index contributed by atoms with van der Waals surface area (Å²) in [5, 5.41) is 11.8. The predicted octanol–water partition coefficient (Wildman–Crippen LogP) is 3.43. The summed E-state index contributed by atoms with van der Waals surface area (Å²) in [7, 11) is 3.51. The molecule has 0 radical (unpaired) electrons. The molecule has 196 valence electrons. The summed E-state index contributed by atoms with van der Waals surface area (Å²) in [6.07, 6.45) is 10.3. The Morgan fingerprint density at radius 1 is 1.08 bits per heavy atom. The van der Waals surface area contributed by atoms with Crippen LogP contribution in [0.5, 0.6) is 0 Å². The minimum Gasteiger partial charge on any atom is -0.369 e. The Kier molecular flexibility index (Phi) is 7.01. The number of ether oxygens (including phenoxy) is 1. The molecule has 0 unspecified atom stereocenters. The predicted molar refractivity (Wildman–Crippen MR) is 144 cm³/mol. The van der Waals surface area contributed by atoms with Gasteiger partial charge in [-0.05, 0) is 30.7 Å². The molecule has 1 saturated heterocycles. The first kappa shape index (κ1) is 25.3. The number of H-pyrrole nitrogens is 1. The first-order chi connectivity index (χ1) is 18.4. The van der Waals surface area contributed by atoms with Crippen molar-refractivity contribution in [2.24, 2.45) is 12.0 Å². The lowest BCUT2D eigenvalue weighted by atomic mass is 9.90. The highest BCUT2D eigenvalue weighted by molar-refractivity contribution is 6.01. The standard InChI is InChI=1S/C27H30FN9O/c1-27(38-3,21-4-6-23(28)7-5-21)22-15-31-26(32-16-22)37-10-8-36(9-11-37)25(33-18-29)24-12-19(13-30-24)20-14-34-35(2)17-20/h4-7,12-18,29-30H,8-11H2,1-3H3/b29-18?,33-25+/t27-/m1/s1. The van der Waals surface area contributed by atoms with Crippen molar-refractivity contribution in [3.05, 3.63) is 84.0 Å². The highest BCUT2D eigenvalue weighted by Crippen LogP contribution is 2.32. The lowest BCUT2D eigenvalue weighted by Gasteiger charge is -2.36. The third kappa shape index (κ3) is 4.92. The van der Waals surface area contributed by atoms with E-state index in [0.717, 1.165) is 40.1 Å². The smallest absolute Gasteiger partial charge is 0.225 e. The Balaban J connectivity index is 1.27. The van der Waals surface area contributed by atoms with Gasteiger partial charge in [-0.15, -0.1) is 0 Å². The van der Waals surface area contributed by atoms with E-state index in [4.69, 9.17) is 10.1 Å². The Morgan fingerprint density at radius 3 is 2.39 bits per heavy atom. The molecule has 1 aromatic carbocycles. The van der Waals surface area contributed by atoms with E-state index in [0.29, 0.717) is 32.1 Å². The topological polar surface area (TPSA) is 111 Å². The van der Waals surface area contributed by atoms with E-state index < -0.39 is 5.60 Å². The van der Waals surface area contributed by atoms with Gasteiger partial charge in [0.15, 0.2) is 5.84 Å². The van der Waals surface area contributed by atoms with Crippen molar-refractivity contribution in [2.75, 3.05) is 38.2 Å². The van der Waals surface area contributed by atoms with Crippen LogP contribution in [0, 0.1) is 11.2 Å². The summed E-state index contributed by atoms with van der Waals surface area (Å²) in [5.74, 6) is 1.06. The second kappa shape index (κ2) is 10.5. The number of aromatic amines is 1. The number of halogens is 1. The normalized spacial score (nSPS) is 15.9. The molecule has 0 amide bonds. The molecule has 1 aliphatic heterocycles. The number of hydrogen-bond acceptors (Lipinski definition) is 6. The lowest BCUT2D eigenvalue weighted by Crippen LogP contribution is -2.49. The molecule has 4 heterocycles. The number of benzene rings is 1. The van der Waals surface area contributed by atoms with Gasteiger partial charge in [0.25, 0.3) is 0 Å². The van der Waals surface area contributed by atoms with Crippen molar-refractivity contribution in [3.63, 3.8) is 0 Å². The zero-order valence-corrected chi connectivity index (χ0v) is 21.6. The number of aliphatic imine (C=N–C) groups is 1. The van der Waals surface area contributed by atoms with E-state index in [1.807, 2.05) is 38.6 Å². The molecule has 1 atom stereocenters. The number of rotatable bonds is 7. The van der Waals surface area contributed by atoms with Crippen LogP contribution in [0.2, 0.25) is 0 Å². The molecule has 0 spiro atoms. The van der Waals surface area contributed by atoms with Gasteiger partial charge in [-0.2, -0.15) is 5.10 Å². The maximum Gasteiger partial charge on any atom is 0.225 e. The molecule has 0 bridgehead atoms.